The van der Waals surface area contributed by atoms with Gasteiger partial charge >= 0.3 is 0 Å². The molecular weight excluding hydrogens is 190 g/mol. The molecule has 2 unspecified atom stereocenters. The fourth-order valence-electron chi connectivity index (χ4n) is 0.929. The highest BCUT2D eigenvalue weighted by Crippen LogP contribution is 2.19. The van der Waals surface area contributed by atoms with Gasteiger partial charge in [0.15, 0.2) is 0 Å². The Morgan fingerprint density at radius 3 is 2.62 bits per heavy atom. The van der Waals surface area contributed by atoms with Crippen LogP contribution in [0.4, 0.5) is 0 Å². The summed E-state index contributed by atoms with van der Waals surface area (Å²) in [4.78, 5) is 3.68. The maximum atomic E-state index is 9.46. The summed E-state index contributed by atoms with van der Waals surface area (Å²) >= 11 is 3.84. The van der Waals surface area contributed by atoms with Gasteiger partial charge in [-0.25, -0.2) is 0 Å². The van der Waals surface area contributed by atoms with Gasteiger partial charge in [-0.05, 0) is 6.07 Å². The van der Waals surface area contributed by atoms with Gasteiger partial charge in [-0.15, -0.1) is 0 Å². The lowest BCUT2D eigenvalue weighted by molar-refractivity contribution is 0.0334. The number of nitrogens with zero attached hydrogens (tertiary/aromatic N) is 1. The number of aliphatic hydroxyl groups is 2. The molecule has 2 atom stereocenters. The van der Waals surface area contributed by atoms with Gasteiger partial charge in [0.2, 0.25) is 0 Å². The van der Waals surface area contributed by atoms with E-state index >= 15 is 0 Å². The average Bonchev–Trinajstić information content (AvgIpc) is 2.15. The van der Waals surface area contributed by atoms with Crippen LogP contribution in [-0.2, 0) is 0 Å². The second-order valence-corrected chi connectivity index (χ2v) is 3.04. The Bertz CT molecular complexity index is 282. The first-order valence-electron chi connectivity index (χ1n) is 3.76. The lowest BCUT2D eigenvalue weighted by Crippen LogP contribution is -2.19. The fourth-order valence-corrected chi connectivity index (χ4v) is 1.13. The lowest BCUT2D eigenvalue weighted by Gasteiger charge is -2.15. The molecule has 1 aromatic heterocycles. The zero-order chi connectivity index (χ0) is 9.84. The molecular formula is C8H11NO3S. The Balaban J connectivity index is 2.82. The van der Waals surface area contributed by atoms with Gasteiger partial charge in [-0.2, -0.15) is 12.6 Å². The maximum absolute atomic E-state index is 9.46. The molecule has 1 aromatic rings. The predicted octanol–water partition coefficient (Wildman–Crippen LogP) is 0.111. The molecule has 0 radical (unpaired) electrons. The number of hydrogen-bond donors (Lipinski definition) is 4. The van der Waals surface area contributed by atoms with Gasteiger partial charge in [-0.1, -0.05) is 0 Å². The number of aromatic hydroxyl groups is 1. The third-order valence-corrected chi connectivity index (χ3v) is 2.01. The molecule has 1 heterocycles. The largest absolute Gasteiger partial charge is 0.506 e. The molecule has 72 valence electrons. The molecule has 0 spiro atoms. The number of hydrogen-bond acceptors (Lipinski definition) is 5. The average molecular weight is 201 g/mol. The van der Waals surface area contributed by atoms with Crippen molar-refractivity contribution in [2.24, 2.45) is 0 Å². The van der Waals surface area contributed by atoms with E-state index in [0.717, 1.165) is 0 Å². The molecule has 1 rings (SSSR count). The highest BCUT2D eigenvalue weighted by molar-refractivity contribution is 7.80. The van der Waals surface area contributed by atoms with Crippen LogP contribution in [0.25, 0.3) is 0 Å². The first-order chi connectivity index (χ1) is 6.15. The molecule has 0 aliphatic carbocycles. The van der Waals surface area contributed by atoms with Gasteiger partial charge in [0, 0.05) is 17.5 Å². The molecule has 0 fully saturated rings. The number of pyridine rings is 1. The number of thiol groups is 1. The van der Waals surface area contributed by atoms with Crippen molar-refractivity contribution in [2.75, 3.05) is 5.75 Å². The quantitative estimate of drug-likeness (QED) is 0.524. The molecule has 0 saturated heterocycles. The first kappa shape index (κ1) is 10.3. The standard InChI is InChI=1S/C8H11NO3S/c10-6-1-5(2-9-3-6)8(12)7(11)4-13/h1-3,7-8,10-13H,4H2. The monoisotopic (exact) mass is 201 g/mol. The zero-order valence-corrected chi connectivity index (χ0v) is 7.72. The van der Waals surface area contributed by atoms with Gasteiger partial charge in [0.25, 0.3) is 0 Å². The van der Waals surface area contributed by atoms with Gasteiger partial charge in [0.05, 0.1) is 12.3 Å². The summed E-state index contributed by atoms with van der Waals surface area (Å²) in [7, 11) is 0. The predicted molar refractivity (Wildman–Crippen MR) is 50.7 cm³/mol. The Labute approximate surface area is 81.3 Å². The van der Waals surface area contributed by atoms with E-state index < -0.39 is 12.2 Å². The third-order valence-electron chi connectivity index (χ3n) is 1.64. The van der Waals surface area contributed by atoms with E-state index in [-0.39, 0.29) is 11.5 Å². The maximum Gasteiger partial charge on any atom is 0.134 e. The van der Waals surface area contributed by atoms with Crippen molar-refractivity contribution < 1.29 is 15.3 Å². The van der Waals surface area contributed by atoms with Gasteiger partial charge < -0.3 is 15.3 Å². The molecule has 5 heteroatoms. The molecule has 0 amide bonds. The van der Waals surface area contributed by atoms with Crippen molar-refractivity contribution in [2.45, 2.75) is 12.2 Å². The highest BCUT2D eigenvalue weighted by Gasteiger charge is 2.17. The van der Waals surface area contributed by atoms with Gasteiger partial charge in [-0.3, -0.25) is 4.98 Å². The topological polar surface area (TPSA) is 73.6 Å². The molecule has 0 aliphatic heterocycles. The molecule has 0 aliphatic rings. The Morgan fingerprint density at radius 1 is 1.38 bits per heavy atom. The van der Waals surface area contributed by atoms with Crippen molar-refractivity contribution in [3.63, 3.8) is 0 Å². The summed E-state index contributed by atoms with van der Waals surface area (Å²) < 4.78 is 0. The van der Waals surface area contributed by atoms with Crippen molar-refractivity contribution in [1.29, 1.82) is 0 Å². The van der Waals surface area contributed by atoms with E-state index in [0.29, 0.717) is 5.56 Å². The molecule has 13 heavy (non-hydrogen) atoms. The Morgan fingerprint density at radius 2 is 2.08 bits per heavy atom. The SMILES string of the molecule is Oc1cncc(C(O)C(O)CS)c1. The number of rotatable bonds is 3. The number of aromatic nitrogens is 1. The summed E-state index contributed by atoms with van der Waals surface area (Å²) in [6.45, 7) is 0. The second kappa shape index (κ2) is 4.45. The van der Waals surface area contributed by atoms with Crippen molar-refractivity contribution >= 4 is 12.6 Å². The summed E-state index contributed by atoms with van der Waals surface area (Å²) in [5.41, 5.74) is 0.376. The minimum absolute atomic E-state index is 0.0390. The summed E-state index contributed by atoms with van der Waals surface area (Å²) in [6, 6.07) is 1.35. The molecule has 4 nitrogen and oxygen atoms in total. The summed E-state index contributed by atoms with van der Waals surface area (Å²) in [5, 5.41) is 27.7. The van der Waals surface area contributed by atoms with Crippen LogP contribution < -0.4 is 0 Å². The normalized spacial score (nSPS) is 15.3. The van der Waals surface area contributed by atoms with Crippen LogP contribution in [0.3, 0.4) is 0 Å². The van der Waals surface area contributed by atoms with Crippen LogP contribution in [0.5, 0.6) is 5.75 Å². The van der Waals surface area contributed by atoms with E-state index in [1.54, 1.807) is 0 Å². The Hall–Kier alpha value is -0.780. The number of aliphatic hydroxyl groups excluding tert-OH is 2. The fraction of sp³-hybridized carbons (Fsp3) is 0.375. The van der Waals surface area contributed by atoms with Crippen molar-refractivity contribution in [3.05, 3.63) is 24.0 Å². The minimum atomic E-state index is -1.06. The van der Waals surface area contributed by atoms with Crippen LogP contribution in [0.15, 0.2) is 18.5 Å². The van der Waals surface area contributed by atoms with E-state index in [1.807, 2.05) is 0 Å². The molecule has 0 aromatic carbocycles. The smallest absolute Gasteiger partial charge is 0.134 e. The summed E-state index contributed by atoms with van der Waals surface area (Å²) in [6.07, 6.45) is 0.629. The summed E-state index contributed by atoms with van der Waals surface area (Å²) in [5.74, 6) is 0.111. The van der Waals surface area contributed by atoms with Crippen LogP contribution in [0.2, 0.25) is 0 Å². The van der Waals surface area contributed by atoms with Crippen LogP contribution >= 0.6 is 12.6 Å². The highest BCUT2D eigenvalue weighted by atomic mass is 32.1. The van der Waals surface area contributed by atoms with E-state index in [9.17, 15) is 10.2 Å². The van der Waals surface area contributed by atoms with Crippen LogP contribution in [-0.4, -0.2) is 32.2 Å². The third kappa shape index (κ3) is 2.58. The van der Waals surface area contributed by atoms with Crippen molar-refractivity contribution in [1.82, 2.24) is 4.98 Å². The molecule has 3 N–H and O–H groups in total. The molecule has 0 saturated carbocycles. The van der Waals surface area contributed by atoms with E-state index in [1.165, 1.54) is 18.5 Å². The van der Waals surface area contributed by atoms with Crippen molar-refractivity contribution in [3.8, 4) is 5.75 Å². The zero-order valence-electron chi connectivity index (χ0n) is 6.83. The van der Waals surface area contributed by atoms with E-state index in [4.69, 9.17) is 5.11 Å². The minimum Gasteiger partial charge on any atom is -0.506 e. The van der Waals surface area contributed by atoms with Crippen LogP contribution in [0.1, 0.15) is 11.7 Å². The second-order valence-electron chi connectivity index (χ2n) is 2.67. The van der Waals surface area contributed by atoms with Gasteiger partial charge in [0.1, 0.15) is 11.9 Å². The molecule has 0 bridgehead atoms. The van der Waals surface area contributed by atoms with E-state index in [2.05, 4.69) is 17.6 Å². The Kier molecular flexibility index (Phi) is 3.53. The first-order valence-corrected chi connectivity index (χ1v) is 4.39. The lowest BCUT2D eigenvalue weighted by atomic mass is 10.1. The van der Waals surface area contributed by atoms with Crippen LogP contribution in [0, 0.1) is 0 Å².